The third kappa shape index (κ3) is 3.74. The highest BCUT2D eigenvalue weighted by atomic mass is 35.5. The van der Waals surface area contributed by atoms with Gasteiger partial charge in [-0.15, -0.1) is 0 Å². The van der Waals surface area contributed by atoms with E-state index in [9.17, 15) is 9.59 Å². The van der Waals surface area contributed by atoms with Crippen LogP contribution >= 0.6 is 23.4 Å². The molecule has 5 nitrogen and oxygen atoms in total. The maximum atomic E-state index is 11.4. The maximum absolute atomic E-state index is 11.4. The van der Waals surface area contributed by atoms with Crippen LogP contribution in [-0.2, 0) is 4.79 Å². The molecule has 3 atom stereocenters. The van der Waals surface area contributed by atoms with Crippen LogP contribution in [-0.4, -0.2) is 27.8 Å². The van der Waals surface area contributed by atoms with Crippen molar-refractivity contribution in [2.75, 3.05) is 0 Å². The van der Waals surface area contributed by atoms with Crippen LogP contribution in [0.4, 0.5) is 4.79 Å². The first kappa shape index (κ1) is 16.5. The summed E-state index contributed by atoms with van der Waals surface area (Å²) in [7, 11) is 0. The van der Waals surface area contributed by atoms with E-state index in [2.05, 4.69) is 13.8 Å². The third-order valence-electron chi connectivity index (χ3n) is 3.90. The van der Waals surface area contributed by atoms with Gasteiger partial charge in [-0.05, 0) is 41.7 Å². The zero-order valence-electron chi connectivity index (χ0n) is 11.5. The van der Waals surface area contributed by atoms with Crippen molar-refractivity contribution < 1.29 is 9.59 Å². The lowest BCUT2D eigenvalue weighted by Gasteiger charge is -2.49. The lowest BCUT2D eigenvalue weighted by Crippen LogP contribution is -2.54. The van der Waals surface area contributed by atoms with Gasteiger partial charge in [0.25, 0.3) is 0 Å². The van der Waals surface area contributed by atoms with Gasteiger partial charge in [0.05, 0.1) is 12.1 Å². The number of primary amides is 1. The monoisotopic (exact) mass is 309 g/mol. The number of carbonyl (C=O) groups excluding carboxylic acids is 2. The van der Waals surface area contributed by atoms with Crippen molar-refractivity contribution >= 4 is 34.7 Å². The van der Waals surface area contributed by atoms with Crippen LogP contribution in [0.1, 0.15) is 40.0 Å². The second-order valence-electron chi connectivity index (χ2n) is 6.49. The smallest absolute Gasteiger partial charge is 0.329 e. The molecule has 3 unspecified atom stereocenters. The Morgan fingerprint density at radius 3 is 2.26 bits per heavy atom. The molecule has 2 amide bonds. The maximum Gasteiger partial charge on any atom is 0.329 e. The molecule has 1 saturated carbocycles. The molecular formula is C12H21Cl2N3O2. The van der Waals surface area contributed by atoms with Gasteiger partial charge in [-0.1, -0.05) is 20.8 Å². The summed E-state index contributed by atoms with van der Waals surface area (Å²) >= 11 is 11.5. The summed E-state index contributed by atoms with van der Waals surface area (Å²) in [6.07, 6.45) is 1.94. The van der Waals surface area contributed by atoms with E-state index < -0.39 is 22.7 Å². The van der Waals surface area contributed by atoms with Gasteiger partial charge < -0.3 is 11.5 Å². The quantitative estimate of drug-likeness (QED) is 0.618. The Bertz CT molecular complexity index is 389. The molecule has 1 fully saturated rings. The standard InChI is InChI=1S/C12H21Cl2N3O2/c1-11(2)4-7(17(14)10(16)19)5-12(3,6-11)8(15)9(13)18/h7-8H,4-6,15H2,1-3H3,(H2,16,19). The van der Waals surface area contributed by atoms with E-state index in [4.69, 9.17) is 34.8 Å². The Labute approximate surface area is 123 Å². The predicted octanol–water partition coefficient (Wildman–Crippen LogP) is 2.20. The number of amides is 2. The number of rotatable bonds is 3. The first-order valence-corrected chi connectivity index (χ1v) is 6.89. The van der Waals surface area contributed by atoms with Gasteiger partial charge in [-0.3, -0.25) is 4.79 Å². The first-order valence-electron chi connectivity index (χ1n) is 6.18. The predicted molar refractivity (Wildman–Crippen MR) is 75.6 cm³/mol. The zero-order chi connectivity index (χ0) is 15.0. The molecule has 0 heterocycles. The molecule has 110 valence electrons. The molecule has 0 saturated heterocycles. The van der Waals surface area contributed by atoms with Gasteiger partial charge in [0.2, 0.25) is 5.24 Å². The van der Waals surface area contributed by atoms with Crippen LogP contribution in [0, 0.1) is 10.8 Å². The number of hydrogen-bond acceptors (Lipinski definition) is 3. The second-order valence-corrected chi connectivity index (χ2v) is 7.23. The van der Waals surface area contributed by atoms with E-state index in [1.165, 1.54) is 0 Å². The fourth-order valence-electron chi connectivity index (χ4n) is 3.34. The number of halogens is 2. The van der Waals surface area contributed by atoms with Crippen LogP contribution in [0.15, 0.2) is 0 Å². The highest BCUT2D eigenvalue weighted by molar-refractivity contribution is 6.64. The van der Waals surface area contributed by atoms with Gasteiger partial charge in [-0.25, -0.2) is 9.21 Å². The minimum atomic E-state index is -0.783. The lowest BCUT2D eigenvalue weighted by molar-refractivity contribution is -0.117. The van der Waals surface area contributed by atoms with Crippen molar-refractivity contribution in [1.82, 2.24) is 4.42 Å². The molecule has 0 radical (unpaired) electrons. The van der Waals surface area contributed by atoms with Crippen molar-refractivity contribution in [2.24, 2.45) is 22.3 Å². The van der Waals surface area contributed by atoms with Crippen molar-refractivity contribution in [3.63, 3.8) is 0 Å². The molecule has 0 bridgehead atoms. The largest absolute Gasteiger partial charge is 0.350 e. The van der Waals surface area contributed by atoms with E-state index in [-0.39, 0.29) is 11.5 Å². The molecule has 0 aromatic rings. The Hall–Kier alpha value is -0.520. The van der Waals surface area contributed by atoms with Crippen molar-refractivity contribution in [1.29, 1.82) is 0 Å². The fourth-order valence-corrected chi connectivity index (χ4v) is 3.74. The summed E-state index contributed by atoms with van der Waals surface area (Å²) in [5, 5.41) is -0.570. The Morgan fingerprint density at radius 2 is 1.84 bits per heavy atom. The topological polar surface area (TPSA) is 89.4 Å². The van der Waals surface area contributed by atoms with Crippen LogP contribution in [0.3, 0.4) is 0 Å². The van der Waals surface area contributed by atoms with Crippen molar-refractivity contribution in [2.45, 2.75) is 52.1 Å². The lowest BCUT2D eigenvalue weighted by atomic mass is 9.60. The number of hydrogen-bond donors (Lipinski definition) is 2. The summed E-state index contributed by atoms with van der Waals surface area (Å²) < 4.78 is 1.00. The average molecular weight is 310 g/mol. The van der Waals surface area contributed by atoms with Crippen molar-refractivity contribution in [3.05, 3.63) is 0 Å². The SMILES string of the molecule is CC1(C)CC(N(Cl)C(N)=O)CC(C)(C(N)C(=O)Cl)C1. The van der Waals surface area contributed by atoms with Crippen LogP contribution in [0.5, 0.6) is 0 Å². The van der Waals surface area contributed by atoms with Crippen LogP contribution in [0.25, 0.3) is 0 Å². The average Bonchev–Trinajstić information content (AvgIpc) is 2.23. The van der Waals surface area contributed by atoms with Gasteiger partial charge in [0.1, 0.15) is 0 Å². The van der Waals surface area contributed by atoms with Gasteiger partial charge in [0, 0.05) is 11.8 Å². The number of nitrogens with two attached hydrogens (primary N) is 2. The molecule has 0 spiro atoms. The van der Waals surface area contributed by atoms with Gasteiger partial charge in [0.15, 0.2) is 0 Å². The number of nitrogens with zero attached hydrogens (tertiary/aromatic N) is 1. The fraction of sp³-hybridized carbons (Fsp3) is 0.833. The normalized spacial score (nSPS) is 31.6. The van der Waals surface area contributed by atoms with E-state index in [1.54, 1.807) is 0 Å². The highest BCUT2D eigenvalue weighted by Gasteiger charge is 2.48. The number of urea groups is 1. The minimum Gasteiger partial charge on any atom is -0.350 e. The minimum absolute atomic E-state index is 0.107. The summed E-state index contributed by atoms with van der Waals surface area (Å²) in [5.41, 5.74) is 10.5. The summed E-state index contributed by atoms with van der Waals surface area (Å²) in [4.78, 5) is 22.6. The molecule has 1 rings (SSSR count). The summed E-state index contributed by atoms with van der Waals surface area (Å²) in [6, 6.07) is -1.73. The molecule has 1 aliphatic carbocycles. The Balaban J connectivity index is 3.02. The highest BCUT2D eigenvalue weighted by Crippen LogP contribution is 2.49. The molecule has 0 aliphatic heterocycles. The molecule has 0 aromatic carbocycles. The molecule has 4 N–H and O–H groups in total. The molecule has 7 heteroatoms. The summed E-state index contributed by atoms with van der Waals surface area (Å²) in [5.74, 6) is 0. The van der Waals surface area contributed by atoms with Crippen molar-refractivity contribution in [3.8, 4) is 0 Å². The molecular weight excluding hydrogens is 289 g/mol. The zero-order valence-corrected chi connectivity index (χ0v) is 13.0. The number of carbonyl (C=O) groups is 2. The van der Waals surface area contributed by atoms with Crippen LogP contribution < -0.4 is 11.5 Å². The Morgan fingerprint density at radius 1 is 1.32 bits per heavy atom. The molecule has 19 heavy (non-hydrogen) atoms. The van der Waals surface area contributed by atoms with E-state index in [0.29, 0.717) is 12.8 Å². The van der Waals surface area contributed by atoms with Gasteiger partial charge >= 0.3 is 6.03 Å². The Kier molecular flexibility index (Phi) is 4.75. The van der Waals surface area contributed by atoms with E-state index in [1.807, 2.05) is 6.92 Å². The van der Waals surface area contributed by atoms with Gasteiger partial charge in [-0.2, -0.15) is 0 Å². The third-order valence-corrected chi connectivity index (χ3v) is 4.58. The molecule has 0 aromatic heterocycles. The first-order chi connectivity index (χ1) is 8.48. The molecule has 1 aliphatic rings. The van der Waals surface area contributed by atoms with E-state index in [0.717, 1.165) is 10.8 Å². The second kappa shape index (κ2) is 5.46. The van der Waals surface area contributed by atoms with E-state index >= 15 is 0 Å². The summed E-state index contributed by atoms with van der Waals surface area (Å²) in [6.45, 7) is 6.00. The van der Waals surface area contributed by atoms with Crippen LogP contribution in [0.2, 0.25) is 0 Å².